The van der Waals surface area contributed by atoms with Gasteiger partial charge in [-0.15, -0.1) is 0 Å². The van der Waals surface area contributed by atoms with Crippen molar-refractivity contribution < 1.29 is 9.59 Å². The number of rotatable bonds is 3. The predicted molar refractivity (Wildman–Crippen MR) is 105 cm³/mol. The Morgan fingerprint density at radius 3 is 2.56 bits per heavy atom. The maximum absolute atomic E-state index is 12.3. The van der Waals surface area contributed by atoms with E-state index in [1.807, 2.05) is 13.0 Å². The van der Waals surface area contributed by atoms with Gasteiger partial charge < -0.3 is 4.90 Å². The van der Waals surface area contributed by atoms with E-state index in [0.29, 0.717) is 17.4 Å². The smallest absolute Gasteiger partial charge is 0.293 e. The molecule has 0 aliphatic carbocycles. The van der Waals surface area contributed by atoms with Crippen molar-refractivity contribution >= 4 is 34.7 Å². The van der Waals surface area contributed by atoms with Gasteiger partial charge in [0.25, 0.3) is 11.1 Å². The zero-order valence-corrected chi connectivity index (χ0v) is 16.4. The number of carbonyl (C=O) groups excluding carboxylic acids is 2. The summed E-state index contributed by atoms with van der Waals surface area (Å²) in [6, 6.07) is 6.39. The molecule has 1 fully saturated rings. The molecule has 0 aromatic heterocycles. The molecule has 5 heteroatoms. The largest absolute Gasteiger partial charge is 0.366 e. The molecule has 1 aromatic rings. The highest BCUT2D eigenvalue weighted by molar-refractivity contribution is 8.18. The van der Waals surface area contributed by atoms with E-state index in [1.54, 1.807) is 0 Å². The Balaban J connectivity index is 1.97. The maximum Gasteiger partial charge on any atom is 0.293 e. The van der Waals surface area contributed by atoms with Crippen LogP contribution in [0.15, 0.2) is 23.1 Å². The molecule has 0 saturated carbocycles. The van der Waals surface area contributed by atoms with Crippen LogP contribution in [0.3, 0.4) is 0 Å². The van der Waals surface area contributed by atoms with Crippen molar-refractivity contribution in [2.24, 2.45) is 0 Å². The third-order valence-corrected chi connectivity index (χ3v) is 6.12. The molecule has 2 aliphatic heterocycles. The third-order valence-electron chi connectivity index (χ3n) is 5.21. The van der Waals surface area contributed by atoms with Crippen LogP contribution in [0.4, 0.5) is 10.5 Å². The van der Waals surface area contributed by atoms with Gasteiger partial charge >= 0.3 is 0 Å². The highest BCUT2D eigenvalue weighted by Gasteiger charge is 2.36. The lowest BCUT2D eigenvalue weighted by atomic mass is 9.79. The number of thioether (sulfide) groups is 1. The Morgan fingerprint density at radius 1 is 1.24 bits per heavy atom. The zero-order chi connectivity index (χ0) is 18.4. The molecule has 25 heavy (non-hydrogen) atoms. The molecular weight excluding hydrogens is 332 g/mol. The molecule has 0 spiro atoms. The summed E-state index contributed by atoms with van der Waals surface area (Å²) < 4.78 is 0. The zero-order valence-electron chi connectivity index (χ0n) is 15.6. The Kier molecular flexibility index (Phi) is 4.71. The molecule has 2 aliphatic rings. The summed E-state index contributed by atoms with van der Waals surface area (Å²) in [6.07, 6.45) is 2.95. The average molecular weight is 359 g/mol. The standard InChI is InChI=1S/C20H26N2O2S/c1-6-21-18(23)17(25-19(21)24)11-14-8-9-16-15(10-14)13(3)12-20(4,5)22(16)7-2/h8-11,13H,6-7,12H2,1-5H3/b17-11-/t13-/m0/s1. The van der Waals surface area contributed by atoms with Crippen molar-refractivity contribution in [2.75, 3.05) is 18.0 Å². The number of hydrogen-bond acceptors (Lipinski definition) is 4. The molecule has 0 N–H and O–H groups in total. The number of amides is 2. The van der Waals surface area contributed by atoms with E-state index in [4.69, 9.17) is 0 Å². The number of likely N-dealkylation sites (N-methyl/N-ethyl adjacent to an activating group) is 1. The van der Waals surface area contributed by atoms with Gasteiger partial charge in [-0.3, -0.25) is 14.5 Å². The van der Waals surface area contributed by atoms with Crippen molar-refractivity contribution in [3.8, 4) is 0 Å². The molecule has 1 saturated heterocycles. The number of imide groups is 1. The van der Waals surface area contributed by atoms with Gasteiger partial charge in [-0.05, 0) is 81.1 Å². The second kappa shape index (κ2) is 6.52. The Labute approximate surface area is 154 Å². The molecular formula is C20H26N2O2S. The minimum Gasteiger partial charge on any atom is -0.366 e. The molecule has 4 nitrogen and oxygen atoms in total. The van der Waals surface area contributed by atoms with Gasteiger partial charge in [-0.1, -0.05) is 13.0 Å². The molecule has 134 valence electrons. The van der Waals surface area contributed by atoms with E-state index < -0.39 is 0 Å². The summed E-state index contributed by atoms with van der Waals surface area (Å²) >= 11 is 1.03. The second-order valence-electron chi connectivity index (χ2n) is 7.41. The second-order valence-corrected chi connectivity index (χ2v) is 8.40. The lowest BCUT2D eigenvalue weighted by molar-refractivity contribution is -0.122. The molecule has 1 atom stereocenters. The van der Waals surface area contributed by atoms with E-state index in [9.17, 15) is 9.59 Å². The van der Waals surface area contributed by atoms with Crippen LogP contribution in [-0.4, -0.2) is 34.7 Å². The van der Waals surface area contributed by atoms with E-state index in [2.05, 4.69) is 50.8 Å². The van der Waals surface area contributed by atoms with Crippen LogP contribution in [0.2, 0.25) is 0 Å². The number of nitrogens with zero attached hydrogens (tertiary/aromatic N) is 2. The molecule has 2 amide bonds. The van der Waals surface area contributed by atoms with Crippen molar-refractivity contribution in [1.29, 1.82) is 0 Å². The van der Waals surface area contributed by atoms with Crippen LogP contribution in [0.1, 0.15) is 58.1 Å². The fourth-order valence-corrected chi connectivity index (χ4v) is 5.02. The third kappa shape index (κ3) is 3.10. The van der Waals surface area contributed by atoms with Gasteiger partial charge in [0.1, 0.15) is 0 Å². The van der Waals surface area contributed by atoms with Gasteiger partial charge in [0.15, 0.2) is 0 Å². The molecule has 1 aromatic carbocycles. The minimum atomic E-state index is -0.181. The summed E-state index contributed by atoms with van der Waals surface area (Å²) in [7, 11) is 0. The molecule has 0 unspecified atom stereocenters. The molecule has 0 radical (unpaired) electrons. The lowest BCUT2D eigenvalue weighted by Gasteiger charge is -2.47. The fraction of sp³-hybridized carbons (Fsp3) is 0.500. The summed E-state index contributed by atoms with van der Waals surface area (Å²) in [5.74, 6) is 0.284. The topological polar surface area (TPSA) is 40.6 Å². The quantitative estimate of drug-likeness (QED) is 0.724. The minimum absolute atomic E-state index is 0.145. The van der Waals surface area contributed by atoms with E-state index in [1.165, 1.54) is 16.2 Å². The van der Waals surface area contributed by atoms with Crippen molar-refractivity contribution in [3.63, 3.8) is 0 Å². The number of benzene rings is 1. The van der Waals surface area contributed by atoms with Crippen LogP contribution in [-0.2, 0) is 4.79 Å². The lowest BCUT2D eigenvalue weighted by Crippen LogP contribution is -2.48. The first-order chi connectivity index (χ1) is 11.8. The summed E-state index contributed by atoms with van der Waals surface area (Å²) in [5, 5.41) is -0.177. The van der Waals surface area contributed by atoms with Gasteiger partial charge in [0, 0.05) is 24.3 Å². The first-order valence-corrected chi connectivity index (χ1v) is 9.77. The first-order valence-electron chi connectivity index (χ1n) is 8.95. The highest BCUT2D eigenvalue weighted by atomic mass is 32.2. The Morgan fingerprint density at radius 2 is 1.96 bits per heavy atom. The monoisotopic (exact) mass is 358 g/mol. The molecule has 3 rings (SSSR count). The SMILES string of the molecule is CCN1C(=O)S/C(=C\c2ccc3c(c2)[C@@H](C)CC(C)(C)N3CC)C1=O. The van der Waals surface area contributed by atoms with Gasteiger partial charge in [0.05, 0.1) is 4.91 Å². The van der Waals surface area contributed by atoms with Crippen molar-refractivity contribution in [1.82, 2.24) is 4.90 Å². The van der Waals surface area contributed by atoms with Crippen molar-refractivity contribution in [3.05, 3.63) is 34.2 Å². The molecule has 0 bridgehead atoms. The normalized spacial score (nSPS) is 24.2. The van der Waals surface area contributed by atoms with Crippen LogP contribution in [0.5, 0.6) is 0 Å². The first kappa shape index (κ1) is 18.1. The van der Waals surface area contributed by atoms with E-state index in [-0.39, 0.29) is 16.7 Å². The highest BCUT2D eigenvalue weighted by Crippen LogP contribution is 2.44. The van der Waals surface area contributed by atoms with E-state index >= 15 is 0 Å². The number of carbonyl (C=O) groups is 2. The van der Waals surface area contributed by atoms with Crippen LogP contribution >= 0.6 is 11.8 Å². The summed E-state index contributed by atoms with van der Waals surface area (Å²) in [6.45, 7) is 12.3. The van der Waals surface area contributed by atoms with Gasteiger partial charge in [-0.25, -0.2) is 0 Å². The summed E-state index contributed by atoms with van der Waals surface area (Å²) in [4.78, 5) is 28.4. The van der Waals surface area contributed by atoms with E-state index in [0.717, 1.165) is 30.3 Å². The maximum atomic E-state index is 12.3. The Bertz CT molecular complexity index is 754. The van der Waals surface area contributed by atoms with Crippen LogP contribution in [0, 0.1) is 0 Å². The van der Waals surface area contributed by atoms with Crippen LogP contribution in [0.25, 0.3) is 6.08 Å². The summed E-state index contributed by atoms with van der Waals surface area (Å²) in [5.41, 5.74) is 3.74. The molecule has 2 heterocycles. The van der Waals surface area contributed by atoms with Gasteiger partial charge in [-0.2, -0.15) is 0 Å². The Hall–Kier alpha value is -1.75. The number of anilines is 1. The predicted octanol–water partition coefficient (Wildman–Crippen LogP) is 4.85. The van der Waals surface area contributed by atoms with Crippen molar-refractivity contribution in [2.45, 2.75) is 52.5 Å². The number of fused-ring (bicyclic) bond motifs is 1. The van der Waals surface area contributed by atoms with Crippen LogP contribution < -0.4 is 4.90 Å². The fourth-order valence-electron chi connectivity index (χ4n) is 4.12. The average Bonchev–Trinajstić information content (AvgIpc) is 2.81. The number of hydrogen-bond donors (Lipinski definition) is 0. The van der Waals surface area contributed by atoms with Gasteiger partial charge in [0.2, 0.25) is 0 Å².